The van der Waals surface area contributed by atoms with Gasteiger partial charge in [0.1, 0.15) is 12.4 Å². The van der Waals surface area contributed by atoms with Gasteiger partial charge in [0.2, 0.25) is 0 Å². The zero-order valence-electron chi connectivity index (χ0n) is 17.0. The van der Waals surface area contributed by atoms with Crippen LogP contribution in [0.5, 0.6) is 0 Å². The van der Waals surface area contributed by atoms with E-state index >= 15 is 0 Å². The normalized spacial score (nSPS) is 19.8. The van der Waals surface area contributed by atoms with E-state index in [0.717, 1.165) is 74.7 Å². The highest BCUT2D eigenvalue weighted by atomic mass is 16.6. The highest BCUT2D eigenvalue weighted by molar-refractivity contribution is 5.68. The summed E-state index contributed by atoms with van der Waals surface area (Å²) in [6.45, 7) is 6.29. The Morgan fingerprint density at radius 1 is 1.10 bits per heavy atom. The average molecular weight is 396 g/mol. The van der Waals surface area contributed by atoms with E-state index in [0.29, 0.717) is 6.61 Å². The van der Waals surface area contributed by atoms with Gasteiger partial charge in [0.15, 0.2) is 0 Å². The number of likely N-dealkylation sites (tertiary alicyclic amines) is 1. The summed E-state index contributed by atoms with van der Waals surface area (Å²) in [4.78, 5) is 21.8. The van der Waals surface area contributed by atoms with Crippen molar-refractivity contribution in [3.8, 4) is 0 Å². The first-order chi connectivity index (χ1) is 14.2. The molecule has 154 valence electrons. The number of aromatic nitrogens is 1. The lowest BCUT2D eigenvalue weighted by molar-refractivity contribution is 0.0677. The Bertz CT molecular complexity index is 821. The summed E-state index contributed by atoms with van der Waals surface area (Å²) in [5.74, 6) is 0.989. The molecule has 1 aromatic heterocycles. The van der Waals surface area contributed by atoms with Crippen LogP contribution in [0, 0.1) is 6.92 Å². The number of anilines is 1. The summed E-state index contributed by atoms with van der Waals surface area (Å²) in [6, 6.07) is 14.1. The third kappa shape index (κ3) is 4.70. The maximum absolute atomic E-state index is 12.8. The molecule has 0 saturated carbocycles. The van der Waals surface area contributed by atoms with Crippen LogP contribution in [0.15, 0.2) is 42.5 Å². The van der Waals surface area contributed by atoms with Crippen LogP contribution < -0.4 is 4.90 Å². The monoisotopic (exact) mass is 395 g/mol. The van der Waals surface area contributed by atoms with Crippen molar-refractivity contribution in [3.05, 3.63) is 59.3 Å². The molecule has 1 aromatic carbocycles. The minimum absolute atomic E-state index is 0.0262. The van der Waals surface area contributed by atoms with Crippen LogP contribution in [0.25, 0.3) is 0 Å². The summed E-state index contributed by atoms with van der Waals surface area (Å²) in [5, 5.41) is 0. The Morgan fingerprint density at radius 3 is 2.66 bits per heavy atom. The molecule has 2 fully saturated rings. The van der Waals surface area contributed by atoms with E-state index < -0.39 is 0 Å². The van der Waals surface area contributed by atoms with Crippen LogP contribution in [-0.2, 0) is 16.1 Å². The predicted octanol–water partition coefficient (Wildman–Crippen LogP) is 4.09. The number of amides is 1. The number of pyridine rings is 1. The van der Waals surface area contributed by atoms with Crippen LogP contribution >= 0.6 is 0 Å². The van der Waals surface area contributed by atoms with E-state index in [1.165, 1.54) is 0 Å². The molecule has 6 heteroatoms. The predicted molar refractivity (Wildman–Crippen MR) is 112 cm³/mol. The zero-order valence-corrected chi connectivity index (χ0v) is 17.0. The van der Waals surface area contributed by atoms with Crippen LogP contribution in [-0.4, -0.2) is 48.8 Å². The molecule has 0 radical (unpaired) electrons. The summed E-state index contributed by atoms with van der Waals surface area (Å²) in [6.07, 6.45) is 2.82. The van der Waals surface area contributed by atoms with Crippen molar-refractivity contribution < 1.29 is 14.3 Å². The second-order valence-electron chi connectivity index (χ2n) is 7.69. The van der Waals surface area contributed by atoms with E-state index in [4.69, 9.17) is 14.5 Å². The number of hydrogen-bond acceptors (Lipinski definition) is 5. The number of benzene rings is 1. The molecule has 0 N–H and O–H groups in total. The standard InChI is InChI=1S/C23H29N3O3/c1-18-20(10-11-22(24-18)25-13-15-28-16-14-25)21-9-5-6-12-26(21)23(27)29-17-19-7-3-2-4-8-19/h2-4,7-8,10-11,21H,5-6,9,12-17H2,1H3. The Hall–Kier alpha value is -2.60. The van der Waals surface area contributed by atoms with Gasteiger partial charge in [0, 0.05) is 25.3 Å². The van der Waals surface area contributed by atoms with Gasteiger partial charge >= 0.3 is 6.09 Å². The number of carbonyl (C=O) groups excluding carboxylic acids is 1. The van der Waals surface area contributed by atoms with Crippen LogP contribution in [0.4, 0.5) is 10.6 Å². The number of ether oxygens (including phenoxy) is 2. The Balaban J connectivity index is 1.47. The molecule has 6 nitrogen and oxygen atoms in total. The maximum atomic E-state index is 12.8. The minimum atomic E-state index is -0.241. The highest BCUT2D eigenvalue weighted by Crippen LogP contribution is 2.33. The molecule has 1 unspecified atom stereocenters. The number of morpholine rings is 1. The van der Waals surface area contributed by atoms with Gasteiger partial charge in [-0.2, -0.15) is 0 Å². The third-order valence-electron chi connectivity index (χ3n) is 5.75. The van der Waals surface area contributed by atoms with E-state index in [2.05, 4.69) is 17.0 Å². The molecule has 2 aromatic rings. The number of nitrogens with zero attached hydrogens (tertiary/aromatic N) is 3. The Morgan fingerprint density at radius 2 is 1.90 bits per heavy atom. The first kappa shape index (κ1) is 19.7. The molecule has 29 heavy (non-hydrogen) atoms. The summed E-state index contributed by atoms with van der Waals surface area (Å²) >= 11 is 0. The molecular weight excluding hydrogens is 366 g/mol. The molecule has 0 bridgehead atoms. The smallest absolute Gasteiger partial charge is 0.410 e. The molecule has 0 aliphatic carbocycles. The zero-order chi connectivity index (χ0) is 20.1. The minimum Gasteiger partial charge on any atom is -0.445 e. The van der Waals surface area contributed by atoms with Crippen molar-refractivity contribution in [2.24, 2.45) is 0 Å². The van der Waals surface area contributed by atoms with Gasteiger partial charge < -0.3 is 19.3 Å². The van der Waals surface area contributed by atoms with Gasteiger partial charge in [-0.15, -0.1) is 0 Å². The van der Waals surface area contributed by atoms with Crippen molar-refractivity contribution in [2.45, 2.75) is 38.8 Å². The van der Waals surface area contributed by atoms with E-state index in [1.54, 1.807) is 0 Å². The van der Waals surface area contributed by atoms with Gasteiger partial charge in [-0.3, -0.25) is 0 Å². The first-order valence-electron chi connectivity index (χ1n) is 10.5. The van der Waals surface area contributed by atoms with Gasteiger partial charge in [0.25, 0.3) is 0 Å². The fourth-order valence-electron chi connectivity index (χ4n) is 4.15. The van der Waals surface area contributed by atoms with Crippen LogP contribution in [0.3, 0.4) is 0 Å². The number of rotatable bonds is 4. The lowest BCUT2D eigenvalue weighted by atomic mass is 9.94. The molecule has 2 aliphatic heterocycles. The van der Waals surface area contributed by atoms with E-state index in [-0.39, 0.29) is 12.1 Å². The molecule has 2 saturated heterocycles. The topological polar surface area (TPSA) is 54.9 Å². The Kier molecular flexibility index (Phi) is 6.30. The Labute approximate surface area is 172 Å². The second-order valence-corrected chi connectivity index (χ2v) is 7.69. The van der Waals surface area contributed by atoms with Crippen molar-refractivity contribution in [1.82, 2.24) is 9.88 Å². The van der Waals surface area contributed by atoms with Gasteiger partial charge in [-0.25, -0.2) is 9.78 Å². The molecule has 0 spiro atoms. The first-order valence-corrected chi connectivity index (χ1v) is 10.5. The summed E-state index contributed by atoms with van der Waals surface area (Å²) in [5.41, 5.74) is 3.11. The number of hydrogen-bond donors (Lipinski definition) is 0. The van der Waals surface area contributed by atoms with Crippen molar-refractivity contribution in [1.29, 1.82) is 0 Å². The van der Waals surface area contributed by atoms with Crippen LogP contribution in [0.1, 0.15) is 42.1 Å². The number of aryl methyl sites for hydroxylation is 1. The molecular formula is C23H29N3O3. The van der Waals surface area contributed by atoms with Gasteiger partial charge in [-0.1, -0.05) is 36.4 Å². The number of carbonyl (C=O) groups is 1. The third-order valence-corrected chi connectivity index (χ3v) is 5.75. The SMILES string of the molecule is Cc1nc(N2CCOCC2)ccc1C1CCCCN1C(=O)OCc1ccccc1. The van der Waals surface area contributed by atoms with E-state index in [1.807, 2.05) is 42.2 Å². The van der Waals surface area contributed by atoms with Crippen LogP contribution in [0.2, 0.25) is 0 Å². The fourth-order valence-corrected chi connectivity index (χ4v) is 4.15. The van der Waals surface area contributed by atoms with Crippen molar-refractivity contribution in [3.63, 3.8) is 0 Å². The fraction of sp³-hybridized carbons (Fsp3) is 0.478. The second kappa shape index (κ2) is 9.27. The molecule has 2 aliphatic rings. The highest BCUT2D eigenvalue weighted by Gasteiger charge is 2.30. The lowest BCUT2D eigenvalue weighted by Crippen LogP contribution is -2.39. The van der Waals surface area contributed by atoms with Gasteiger partial charge in [-0.05, 0) is 43.4 Å². The summed E-state index contributed by atoms with van der Waals surface area (Å²) in [7, 11) is 0. The van der Waals surface area contributed by atoms with Gasteiger partial charge in [0.05, 0.1) is 19.3 Å². The molecule has 1 atom stereocenters. The van der Waals surface area contributed by atoms with E-state index in [9.17, 15) is 4.79 Å². The molecule has 4 rings (SSSR count). The van der Waals surface area contributed by atoms with Crippen molar-refractivity contribution >= 4 is 11.9 Å². The lowest BCUT2D eigenvalue weighted by Gasteiger charge is -2.36. The largest absolute Gasteiger partial charge is 0.445 e. The maximum Gasteiger partial charge on any atom is 0.410 e. The summed E-state index contributed by atoms with van der Waals surface area (Å²) < 4.78 is 11.1. The quantitative estimate of drug-likeness (QED) is 0.780. The van der Waals surface area contributed by atoms with Crippen molar-refractivity contribution in [2.75, 3.05) is 37.7 Å². The molecule has 1 amide bonds. The number of piperidine rings is 1. The average Bonchev–Trinajstić information content (AvgIpc) is 2.79. The molecule has 3 heterocycles.